The van der Waals surface area contributed by atoms with Crippen LogP contribution in [-0.2, 0) is 11.2 Å². The van der Waals surface area contributed by atoms with Crippen LogP contribution in [-0.4, -0.2) is 32.2 Å². The van der Waals surface area contributed by atoms with Crippen LogP contribution < -0.4 is 11.1 Å². The van der Waals surface area contributed by atoms with E-state index in [0.29, 0.717) is 12.5 Å². The molecule has 0 bridgehead atoms. The molecule has 1 saturated heterocycles. The molecule has 4 nitrogen and oxygen atoms in total. The predicted octanol–water partition coefficient (Wildman–Crippen LogP) is 1.34. The molecule has 1 aromatic carbocycles. The summed E-state index contributed by atoms with van der Waals surface area (Å²) in [5, 5.41) is 3.03. The van der Waals surface area contributed by atoms with Gasteiger partial charge in [-0.15, -0.1) is 0 Å². The van der Waals surface area contributed by atoms with E-state index < -0.39 is 0 Å². The lowest BCUT2D eigenvalue weighted by Gasteiger charge is -2.22. The molecule has 1 heterocycles. The average molecular weight is 262 g/mol. The molecule has 4 heteroatoms. The maximum Gasteiger partial charge on any atom is 0.251 e. The third-order valence-corrected chi connectivity index (χ3v) is 3.57. The van der Waals surface area contributed by atoms with Gasteiger partial charge in [-0.1, -0.05) is 18.2 Å². The van der Waals surface area contributed by atoms with Gasteiger partial charge in [-0.3, -0.25) is 4.79 Å². The highest BCUT2D eigenvalue weighted by Gasteiger charge is 2.16. The predicted molar refractivity (Wildman–Crippen MR) is 75.1 cm³/mol. The van der Waals surface area contributed by atoms with Gasteiger partial charge in [-0.25, -0.2) is 0 Å². The smallest absolute Gasteiger partial charge is 0.251 e. The molecule has 0 aliphatic carbocycles. The Morgan fingerprint density at radius 1 is 1.32 bits per heavy atom. The van der Waals surface area contributed by atoms with Crippen LogP contribution in [0.25, 0.3) is 0 Å². The Balaban J connectivity index is 1.91. The van der Waals surface area contributed by atoms with Gasteiger partial charge in [0.25, 0.3) is 5.91 Å². The van der Waals surface area contributed by atoms with Crippen LogP contribution in [0.1, 0.15) is 28.8 Å². The van der Waals surface area contributed by atoms with Gasteiger partial charge in [-0.05, 0) is 43.4 Å². The molecule has 2 rings (SSSR count). The lowest BCUT2D eigenvalue weighted by molar-refractivity contribution is 0.0642. The number of rotatable bonds is 5. The monoisotopic (exact) mass is 262 g/mol. The van der Waals surface area contributed by atoms with Crippen molar-refractivity contribution in [1.29, 1.82) is 0 Å². The van der Waals surface area contributed by atoms with E-state index >= 15 is 0 Å². The van der Waals surface area contributed by atoms with Gasteiger partial charge in [0, 0.05) is 25.3 Å². The summed E-state index contributed by atoms with van der Waals surface area (Å²) >= 11 is 0. The Bertz CT molecular complexity index is 414. The zero-order chi connectivity index (χ0) is 13.5. The third kappa shape index (κ3) is 4.04. The number of nitrogens with two attached hydrogens (primary N) is 1. The highest BCUT2D eigenvalue weighted by molar-refractivity contribution is 5.95. The van der Waals surface area contributed by atoms with Gasteiger partial charge in [0.15, 0.2) is 0 Å². The molecule has 0 saturated carbocycles. The molecule has 0 radical (unpaired) electrons. The lowest BCUT2D eigenvalue weighted by atomic mass is 9.99. The fourth-order valence-corrected chi connectivity index (χ4v) is 2.40. The molecule has 0 spiro atoms. The second kappa shape index (κ2) is 7.26. The molecular weight excluding hydrogens is 240 g/mol. The molecule has 19 heavy (non-hydrogen) atoms. The Morgan fingerprint density at radius 2 is 2.05 bits per heavy atom. The number of ether oxygens (including phenoxy) is 1. The van der Waals surface area contributed by atoms with Gasteiger partial charge in [0.1, 0.15) is 0 Å². The van der Waals surface area contributed by atoms with E-state index in [9.17, 15) is 4.79 Å². The first-order valence-corrected chi connectivity index (χ1v) is 6.95. The van der Waals surface area contributed by atoms with Gasteiger partial charge >= 0.3 is 0 Å². The topological polar surface area (TPSA) is 64.4 Å². The van der Waals surface area contributed by atoms with E-state index in [1.807, 2.05) is 24.3 Å². The molecule has 0 unspecified atom stereocenters. The zero-order valence-electron chi connectivity index (χ0n) is 11.2. The van der Waals surface area contributed by atoms with Crippen molar-refractivity contribution in [2.24, 2.45) is 11.7 Å². The minimum Gasteiger partial charge on any atom is -0.381 e. The minimum absolute atomic E-state index is 0.00976. The van der Waals surface area contributed by atoms with Crippen molar-refractivity contribution in [3.63, 3.8) is 0 Å². The molecule has 0 aromatic heterocycles. The summed E-state index contributed by atoms with van der Waals surface area (Å²) in [6.07, 6.45) is 2.80. The van der Waals surface area contributed by atoms with E-state index in [4.69, 9.17) is 10.5 Å². The van der Waals surface area contributed by atoms with Gasteiger partial charge in [0.2, 0.25) is 0 Å². The Hall–Kier alpha value is -1.39. The maximum absolute atomic E-state index is 12.2. The summed E-state index contributed by atoms with van der Waals surface area (Å²) < 4.78 is 5.32. The van der Waals surface area contributed by atoms with Gasteiger partial charge in [0.05, 0.1) is 0 Å². The summed E-state index contributed by atoms with van der Waals surface area (Å²) in [7, 11) is 0. The number of carbonyl (C=O) groups excluding carboxylic acids is 1. The molecule has 3 N–H and O–H groups in total. The molecular formula is C15H22N2O2. The van der Waals surface area contributed by atoms with Crippen molar-refractivity contribution < 1.29 is 9.53 Å². The maximum atomic E-state index is 12.2. The van der Waals surface area contributed by atoms with Gasteiger partial charge < -0.3 is 15.8 Å². The number of hydrogen-bond donors (Lipinski definition) is 2. The van der Waals surface area contributed by atoms with Gasteiger partial charge in [-0.2, -0.15) is 0 Å². The number of carbonyl (C=O) groups is 1. The fraction of sp³-hybridized carbons (Fsp3) is 0.533. The second-order valence-electron chi connectivity index (χ2n) is 4.96. The lowest BCUT2D eigenvalue weighted by Crippen LogP contribution is -2.32. The minimum atomic E-state index is 0.00976. The van der Waals surface area contributed by atoms with Crippen LogP contribution in [0.15, 0.2) is 24.3 Å². The first-order chi connectivity index (χ1) is 9.31. The zero-order valence-corrected chi connectivity index (χ0v) is 11.2. The number of nitrogens with one attached hydrogen (secondary N) is 1. The summed E-state index contributed by atoms with van der Waals surface area (Å²) in [6.45, 7) is 2.91. The Morgan fingerprint density at radius 3 is 2.79 bits per heavy atom. The molecule has 1 aliphatic heterocycles. The molecule has 104 valence electrons. The van der Waals surface area contributed by atoms with Crippen molar-refractivity contribution in [3.05, 3.63) is 35.4 Å². The normalized spacial score (nSPS) is 16.3. The summed E-state index contributed by atoms with van der Waals surface area (Å²) in [6, 6.07) is 7.67. The SMILES string of the molecule is NCCc1ccccc1C(=O)NCC1CCOCC1. The largest absolute Gasteiger partial charge is 0.381 e. The van der Waals surface area contributed by atoms with Crippen LogP contribution in [0.3, 0.4) is 0 Å². The van der Waals surface area contributed by atoms with Crippen LogP contribution >= 0.6 is 0 Å². The molecule has 1 fully saturated rings. The number of hydrogen-bond acceptors (Lipinski definition) is 3. The van der Waals surface area contributed by atoms with E-state index in [1.165, 1.54) is 0 Å². The standard InChI is InChI=1S/C15H22N2O2/c16-8-5-13-3-1-2-4-14(13)15(18)17-11-12-6-9-19-10-7-12/h1-4,12H,5-11,16H2,(H,17,18). The van der Waals surface area contributed by atoms with E-state index in [2.05, 4.69) is 5.32 Å². The van der Waals surface area contributed by atoms with Crippen LogP contribution in [0.5, 0.6) is 0 Å². The third-order valence-electron chi connectivity index (χ3n) is 3.57. The Kier molecular flexibility index (Phi) is 5.36. The highest BCUT2D eigenvalue weighted by atomic mass is 16.5. The Labute approximate surface area is 114 Å². The van der Waals surface area contributed by atoms with Crippen molar-refractivity contribution in [2.45, 2.75) is 19.3 Å². The van der Waals surface area contributed by atoms with Crippen molar-refractivity contribution in [1.82, 2.24) is 5.32 Å². The molecule has 1 aliphatic rings. The van der Waals surface area contributed by atoms with Crippen molar-refractivity contribution in [3.8, 4) is 0 Å². The molecule has 0 atom stereocenters. The quantitative estimate of drug-likeness (QED) is 0.841. The average Bonchev–Trinajstić information content (AvgIpc) is 2.47. The molecule has 1 aromatic rings. The van der Waals surface area contributed by atoms with E-state index in [1.54, 1.807) is 0 Å². The summed E-state index contributed by atoms with van der Waals surface area (Å²) in [5.41, 5.74) is 7.35. The van der Waals surface area contributed by atoms with Crippen LogP contribution in [0.4, 0.5) is 0 Å². The highest BCUT2D eigenvalue weighted by Crippen LogP contribution is 2.14. The number of amides is 1. The van der Waals surface area contributed by atoms with E-state index in [-0.39, 0.29) is 5.91 Å². The fourth-order valence-electron chi connectivity index (χ4n) is 2.40. The van der Waals surface area contributed by atoms with Crippen LogP contribution in [0.2, 0.25) is 0 Å². The molecule has 1 amide bonds. The number of benzene rings is 1. The van der Waals surface area contributed by atoms with Crippen molar-refractivity contribution in [2.75, 3.05) is 26.3 Å². The second-order valence-corrected chi connectivity index (χ2v) is 4.96. The first-order valence-electron chi connectivity index (χ1n) is 6.95. The van der Waals surface area contributed by atoms with Crippen molar-refractivity contribution >= 4 is 5.91 Å². The summed E-state index contributed by atoms with van der Waals surface area (Å²) in [4.78, 5) is 12.2. The summed E-state index contributed by atoms with van der Waals surface area (Å²) in [5.74, 6) is 0.551. The van der Waals surface area contributed by atoms with E-state index in [0.717, 1.165) is 50.1 Å². The first kappa shape index (κ1) is 14.0. The van der Waals surface area contributed by atoms with Crippen LogP contribution in [0, 0.1) is 5.92 Å².